The fourth-order valence-corrected chi connectivity index (χ4v) is 5.30. The fourth-order valence-electron chi connectivity index (χ4n) is 5.30. The lowest BCUT2D eigenvalue weighted by atomic mass is 9.73. The monoisotopic (exact) mass is 485 g/mol. The summed E-state index contributed by atoms with van der Waals surface area (Å²) in [5, 5.41) is 9.11. The average Bonchev–Trinajstić information content (AvgIpc) is 3.22. The van der Waals surface area contributed by atoms with Crippen molar-refractivity contribution < 1.29 is 22.7 Å². The first-order valence-corrected chi connectivity index (χ1v) is 11.9. The van der Waals surface area contributed by atoms with E-state index in [0.717, 1.165) is 17.2 Å². The summed E-state index contributed by atoms with van der Waals surface area (Å²) in [6.45, 7) is 7.28. The quantitative estimate of drug-likeness (QED) is 0.589. The van der Waals surface area contributed by atoms with Crippen LogP contribution in [0.15, 0.2) is 42.5 Å². The molecule has 2 heterocycles. The van der Waals surface area contributed by atoms with Gasteiger partial charge in [0.15, 0.2) is 0 Å². The lowest BCUT2D eigenvalue weighted by Crippen LogP contribution is -2.49. The second kappa shape index (κ2) is 9.90. The van der Waals surface area contributed by atoms with Crippen LogP contribution in [0.25, 0.3) is 0 Å². The Kier molecular flexibility index (Phi) is 7.09. The van der Waals surface area contributed by atoms with Crippen molar-refractivity contribution >= 4 is 11.6 Å². The van der Waals surface area contributed by atoms with E-state index in [1.807, 2.05) is 47.9 Å². The second-order valence-electron chi connectivity index (χ2n) is 9.67. The number of likely N-dealkylation sites (tertiary alicyclic amines) is 1. The number of hydrogen-bond donors (Lipinski definition) is 0. The standard InChI is InChI=1S/C27H30F3N3O2/c1-3-35-18-26-10-11-32(23-9-8-21(14-31)24(13-23)27(28,29)30)15-22(26)16-33(17-26)25(34)12-20-6-4-19(2)5-7-20/h4-9,13,22H,3,10-12,15-18H2,1-2H3/t22-,26+/m1/s1. The predicted octanol–water partition coefficient (Wildman–Crippen LogP) is 4.82. The molecule has 0 unspecified atom stereocenters. The number of carbonyl (C=O) groups excluding carboxylic acids is 1. The van der Waals surface area contributed by atoms with Gasteiger partial charge in [-0.25, -0.2) is 0 Å². The van der Waals surface area contributed by atoms with Crippen molar-refractivity contribution in [2.75, 3.05) is 44.3 Å². The molecule has 0 N–H and O–H groups in total. The van der Waals surface area contributed by atoms with Crippen LogP contribution in [0.5, 0.6) is 0 Å². The highest BCUT2D eigenvalue weighted by molar-refractivity contribution is 5.79. The Labute approximate surface area is 204 Å². The van der Waals surface area contributed by atoms with E-state index in [9.17, 15) is 18.0 Å². The summed E-state index contributed by atoms with van der Waals surface area (Å²) in [6, 6.07) is 13.5. The van der Waals surface area contributed by atoms with Crippen LogP contribution in [0.1, 0.15) is 35.6 Å². The van der Waals surface area contributed by atoms with E-state index in [4.69, 9.17) is 10.00 Å². The fraction of sp³-hybridized carbons (Fsp3) is 0.481. The van der Waals surface area contributed by atoms with Gasteiger partial charge in [-0.1, -0.05) is 29.8 Å². The molecular weight excluding hydrogens is 455 g/mol. The molecule has 8 heteroatoms. The zero-order chi connectivity index (χ0) is 25.2. The van der Waals surface area contributed by atoms with Crippen LogP contribution < -0.4 is 4.90 Å². The summed E-state index contributed by atoms with van der Waals surface area (Å²) in [7, 11) is 0. The third-order valence-corrected chi connectivity index (χ3v) is 7.35. The van der Waals surface area contributed by atoms with Crippen molar-refractivity contribution in [2.24, 2.45) is 11.3 Å². The van der Waals surface area contributed by atoms with Gasteiger partial charge in [-0.3, -0.25) is 4.79 Å². The van der Waals surface area contributed by atoms with E-state index in [1.165, 1.54) is 6.07 Å². The number of alkyl halides is 3. The minimum Gasteiger partial charge on any atom is -0.381 e. The van der Waals surface area contributed by atoms with Gasteiger partial charge in [-0.2, -0.15) is 18.4 Å². The maximum Gasteiger partial charge on any atom is 0.417 e. The molecule has 35 heavy (non-hydrogen) atoms. The highest BCUT2D eigenvalue weighted by Gasteiger charge is 2.51. The molecule has 2 aliphatic rings. The van der Waals surface area contributed by atoms with Gasteiger partial charge in [-0.05, 0) is 44.0 Å². The first kappa shape index (κ1) is 25.1. The number of hydrogen-bond acceptors (Lipinski definition) is 4. The summed E-state index contributed by atoms with van der Waals surface area (Å²) >= 11 is 0. The molecule has 0 bridgehead atoms. The van der Waals surface area contributed by atoms with Crippen LogP contribution in [0, 0.1) is 29.6 Å². The van der Waals surface area contributed by atoms with Crippen molar-refractivity contribution in [1.29, 1.82) is 5.26 Å². The van der Waals surface area contributed by atoms with Gasteiger partial charge in [0.1, 0.15) is 0 Å². The number of aryl methyl sites for hydroxylation is 1. The van der Waals surface area contributed by atoms with Gasteiger partial charge in [0.2, 0.25) is 5.91 Å². The highest BCUT2D eigenvalue weighted by atomic mass is 19.4. The van der Waals surface area contributed by atoms with Crippen molar-refractivity contribution in [3.63, 3.8) is 0 Å². The van der Waals surface area contributed by atoms with Crippen LogP contribution in [0.2, 0.25) is 0 Å². The van der Waals surface area contributed by atoms with Gasteiger partial charge >= 0.3 is 6.18 Å². The van der Waals surface area contributed by atoms with E-state index in [2.05, 4.69) is 0 Å². The summed E-state index contributed by atoms with van der Waals surface area (Å²) < 4.78 is 46.4. The van der Waals surface area contributed by atoms with Gasteiger partial charge < -0.3 is 14.5 Å². The summed E-state index contributed by atoms with van der Waals surface area (Å²) in [4.78, 5) is 17.0. The number of benzene rings is 2. The van der Waals surface area contributed by atoms with E-state index in [0.29, 0.717) is 57.9 Å². The second-order valence-corrected chi connectivity index (χ2v) is 9.67. The van der Waals surface area contributed by atoms with Gasteiger partial charge in [0.25, 0.3) is 0 Å². The van der Waals surface area contributed by atoms with Crippen molar-refractivity contribution in [1.82, 2.24) is 4.90 Å². The molecule has 2 aromatic carbocycles. The summed E-state index contributed by atoms with van der Waals surface area (Å²) in [5.41, 5.74) is 1.05. The molecule has 0 aromatic heterocycles. The number of ether oxygens (including phenoxy) is 1. The third-order valence-electron chi connectivity index (χ3n) is 7.35. The molecule has 4 rings (SSSR count). The highest BCUT2D eigenvalue weighted by Crippen LogP contribution is 2.45. The van der Waals surface area contributed by atoms with E-state index >= 15 is 0 Å². The number of anilines is 1. The topological polar surface area (TPSA) is 56.6 Å². The van der Waals surface area contributed by atoms with Gasteiger partial charge in [0.05, 0.1) is 30.2 Å². The molecule has 0 aliphatic carbocycles. The van der Waals surface area contributed by atoms with Crippen molar-refractivity contribution in [2.45, 2.75) is 32.9 Å². The van der Waals surface area contributed by atoms with Gasteiger partial charge in [-0.15, -0.1) is 0 Å². The lowest BCUT2D eigenvalue weighted by Gasteiger charge is -2.44. The van der Waals surface area contributed by atoms with Gasteiger partial charge in [0, 0.05) is 49.8 Å². The van der Waals surface area contributed by atoms with Crippen molar-refractivity contribution in [3.8, 4) is 6.07 Å². The van der Waals surface area contributed by atoms with Crippen LogP contribution in [-0.4, -0.2) is 50.2 Å². The maximum absolute atomic E-state index is 13.5. The maximum atomic E-state index is 13.5. The molecule has 2 aromatic rings. The molecule has 2 atom stereocenters. The number of piperidine rings is 1. The van der Waals surface area contributed by atoms with Crippen LogP contribution in [0.4, 0.5) is 18.9 Å². The number of amides is 1. The minimum absolute atomic E-state index is 0.0587. The molecule has 186 valence electrons. The van der Waals surface area contributed by atoms with E-state index in [-0.39, 0.29) is 22.8 Å². The van der Waals surface area contributed by atoms with Crippen LogP contribution in [0.3, 0.4) is 0 Å². The molecule has 2 fully saturated rings. The average molecular weight is 486 g/mol. The Hall–Kier alpha value is -3.05. The Morgan fingerprint density at radius 3 is 2.60 bits per heavy atom. The molecule has 1 amide bonds. The number of nitriles is 1. The number of fused-ring (bicyclic) bond motifs is 1. The smallest absolute Gasteiger partial charge is 0.381 e. The third kappa shape index (κ3) is 5.30. The molecule has 0 spiro atoms. The number of rotatable bonds is 6. The lowest BCUT2D eigenvalue weighted by molar-refractivity contribution is -0.137. The van der Waals surface area contributed by atoms with E-state index in [1.54, 1.807) is 12.1 Å². The number of carbonyl (C=O) groups is 1. The largest absolute Gasteiger partial charge is 0.417 e. The van der Waals surface area contributed by atoms with Crippen LogP contribution >= 0.6 is 0 Å². The minimum atomic E-state index is -4.60. The first-order chi connectivity index (χ1) is 16.6. The summed E-state index contributed by atoms with van der Waals surface area (Å²) in [6.07, 6.45) is -3.55. The van der Waals surface area contributed by atoms with Crippen LogP contribution in [-0.2, 0) is 22.1 Å². The normalized spacial score (nSPS) is 22.1. The Bertz CT molecular complexity index is 1110. The molecule has 0 radical (unpaired) electrons. The number of nitrogens with zero attached hydrogens (tertiary/aromatic N) is 3. The zero-order valence-electron chi connectivity index (χ0n) is 20.1. The SMILES string of the molecule is CCOC[C@@]12CCN(c3ccc(C#N)c(C(F)(F)F)c3)C[C@@H]1CN(C(=O)Cc1ccc(C)cc1)C2. The Balaban J connectivity index is 1.53. The predicted molar refractivity (Wildman–Crippen MR) is 127 cm³/mol. The van der Waals surface area contributed by atoms with E-state index < -0.39 is 11.7 Å². The molecule has 2 saturated heterocycles. The molecule has 0 saturated carbocycles. The molecule has 2 aliphatic heterocycles. The molecular formula is C27H30F3N3O2. The molecule has 5 nitrogen and oxygen atoms in total. The zero-order valence-corrected chi connectivity index (χ0v) is 20.1. The first-order valence-electron chi connectivity index (χ1n) is 11.9. The van der Waals surface area contributed by atoms with Crippen molar-refractivity contribution in [3.05, 3.63) is 64.7 Å². The number of halogens is 3. The Morgan fingerprint density at radius 1 is 1.20 bits per heavy atom. The Morgan fingerprint density at radius 2 is 1.94 bits per heavy atom. The summed E-state index contributed by atoms with van der Waals surface area (Å²) in [5.74, 6) is 0.137.